The summed E-state index contributed by atoms with van der Waals surface area (Å²) in [5, 5.41) is 6.69. The van der Waals surface area contributed by atoms with E-state index in [1.54, 1.807) is 11.8 Å². The number of aromatic nitrogens is 1. The summed E-state index contributed by atoms with van der Waals surface area (Å²) in [5.74, 6) is -0.211. The van der Waals surface area contributed by atoms with Crippen LogP contribution >= 0.6 is 23.1 Å². The topological polar surface area (TPSA) is 71.1 Å². The van der Waals surface area contributed by atoms with Gasteiger partial charge in [0.05, 0.1) is 12.1 Å². The van der Waals surface area contributed by atoms with Gasteiger partial charge >= 0.3 is 0 Å². The molecule has 0 bridgehead atoms. The minimum absolute atomic E-state index is 0.0938. The molecule has 1 aromatic carbocycles. The third kappa shape index (κ3) is 4.83. The van der Waals surface area contributed by atoms with Crippen LogP contribution in [0.5, 0.6) is 0 Å². The van der Waals surface area contributed by atoms with Crippen LogP contribution in [0.4, 0.5) is 5.13 Å². The Bertz CT molecular complexity index is 769. The number of hydrogen-bond donors (Lipinski definition) is 2. The molecule has 2 N–H and O–H groups in total. The van der Waals surface area contributed by atoms with E-state index in [2.05, 4.69) is 29.5 Å². The lowest BCUT2D eigenvalue weighted by Gasteiger charge is -2.06. The van der Waals surface area contributed by atoms with Crippen molar-refractivity contribution in [2.75, 3.05) is 11.9 Å². The summed E-state index contributed by atoms with van der Waals surface area (Å²) in [7, 11) is 0. The van der Waals surface area contributed by atoms with Crippen molar-refractivity contribution in [3.8, 4) is 0 Å². The molecule has 1 aliphatic rings. The Morgan fingerprint density at radius 2 is 2.12 bits per heavy atom. The molecule has 0 radical (unpaired) electrons. The summed E-state index contributed by atoms with van der Waals surface area (Å²) in [4.78, 5) is 30.4. The number of rotatable bonds is 5. The van der Waals surface area contributed by atoms with Crippen LogP contribution in [0, 0.1) is 0 Å². The summed E-state index contributed by atoms with van der Waals surface area (Å²) in [6.07, 6.45) is 1.93. The Labute approximate surface area is 155 Å². The van der Waals surface area contributed by atoms with Crippen molar-refractivity contribution in [2.24, 2.45) is 0 Å². The van der Waals surface area contributed by atoms with Gasteiger partial charge in [0, 0.05) is 16.7 Å². The first-order valence-corrected chi connectivity index (χ1v) is 10.0. The number of anilines is 1. The van der Waals surface area contributed by atoms with Crippen LogP contribution in [0.3, 0.4) is 0 Å². The quantitative estimate of drug-likeness (QED) is 0.785. The van der Waals surface area contributed by atoms with Crippen LogP contribution in [0.25, 0.3) is 0 Å². The second kappa shape index (κ2) is 8.01. The molecular weight excluding hydrogens is 354 g/mol. The van der Waals surface area contributed by atoms with Gasteiger partial charge in [0.1, 0.15) is 4.88 Å². The fraction of sp³-hybridized carbons (Fsp3) is 0.389. The molecule has 3 rings (SSSR count). The van der Waals surface area contributed by atoms with Gasteiger partial charge in [-0.05, 0) is 30.5 Å². The van der Waals surface area contributed by atoms with Crippen LogP contribution in [-0.2, 0) is 17.6 Å². The standard InChI is InChI=1S/C18H21N3O2S2/c1-11(2)24-13-7-5-12(6-8-13)10-15(22)21-18-20-14-4-3-9-19-17(23)16(14)25-18/h5-8,11H,3-4,9-10H2,1-2H3,(H,19,23)(H,20,21,22). The average Bonchev–Trinajstić information content (AvgIpc) is 2.87. The molecule has 2 heterocycles. The first-order valence-electron chi connectivity index (χ1n) is 8.34. The number of thiazole rings is 1. The van der Waals surface area contributed by atoms with Crippen molar-refractivity contribution in [1.29, 1.82) is 0 Å². The van der Waals surface area contributed by atoms with Crippen LogP contribution in [0.1, 0.15) is 41.2 Å². The molecule has 1 aromatic heterocycles. The summed E-state index contributed by atoms with van der Waals surface area (Å²) >= 11 is 3.05. The smallest absolute Gasteiger partial charge is 0.263 e. The molecule has 5 nitrogen and oxygen atoms in total. The van der Waals surface area contributed by atoms with Gasteiger partial charge in [-0.3, -0.25) is 9.59 Å². The maximum Gasteiger partial charge on any atom is 0.263 e. The molecule has 25 heavy (non-hydrogen) atoms. The normalized spacial score (nSPS) is 14.0. The van der Waals surface area contributed by atoms with Gasteiger partial charge in [-0.1, -0.05) is 37.3 Å². The van der Waals surface area contributed by atoms with Crippen molar-refractivity contribution < 1.29 is 9.59 Å². The highest BCUT2D eigenvalue weighted by atomic mass is 32.2. The Morgan fingerprint density at radius 1 is 1.36 bits per heavy atom. The SMILES string of the molecule is CC(C)Sc1ccc(CC(=O)Nc2nc3c(s2)C(=O)NCCC3)cc1. The molecule has 0 unspecified atom stereocenters. The highest BCUT2D eigenvalue weighted by Gasteiger charge is 2.21. The minimum Gasteiger partial charge on any atom is -0.351 e. The van der Waals surface area contributed by atoms with Crippen LogP contribution < -0.4 is 10.6 Å². The van der Waals surface area contributed by atoms with Crippen molar-refractivity contribution >= 4 is 40.0 Å². The third-order valence-electron chi connectivity index (χ3n) is 3.69. The Kier molecular flexibility index (Phi) is 5.75. The van der Waals surface area contributed by atoms with Crippen LogP contribution in [0.15, 0.2) is 29.2 Å². The van der Waals surface area contributed by atoms with E-state index in [4.69, 9.17) is 0 Å². The fourth-order valence-electron chi connectivity index (χ4n) is 2.60. The third-order valence-corrected chi connectivity index (χ3v) is 5.71. The number of nitrogens with zero attached hydrogens (tertiary/aromatic N) is 1. The zero-order chi connectivity index (χ0) is 17.8. The molecule has 0 aliphatic carbocycles. The highest BCUT2D eigenvalue weighted by Crippen LogP contribution is 2.26. The molecular formula is C18H21N3O2S2. The first-order chi connectivity index (χ1) is 12.0. The number of carbonyl (C=O) groups is 2. The number of carbonyl (C=O) groups excluding carboxylic acids is 2. The molecule has 0 fully saturated rings. The molecule has 2 amide bonds. The van der Waals surface area contributed by atoms with E-state index in [0.29, 0.717) is 28.2 Å². The number of amides is 2. The number of fused-ring (bicyclic) bond motifs is 1. The van der Waals surface area contributed by atoms with E-state index in [1.165, 1.54) is 16.2 Å². The van der Waals surface area contributed by atoms with Crippen molar-refractivity contribution in [2.45, 2.75) is 43.3 Å². The molecule has 0 atom stereocenters. The van der Waals surface area contributed by atoms with Gasteiger partial charge in [-0.2, -0.15) is 0 Å². The first kappa shape index (κ1) is 17.9. The Balaban J connectivity index is 1.61. The maximum atomic E-state index is 12.3. The summed E-state index contributed by atoms with van der Waals surface area (Å²) in [5.41, 5.74) is 1.74. The van der Waals surface area contributed by atoms with E-state index < -0.39 is 0 Å². The molecule has 0 saturated heterocycles. The zero-order valence-corrected chi connectivity index (χ0v) is 15.9. The number of aryl methyl sites for hydroxylation is 1. The summed E-state index contributed by atoms with van der Waals surface area (Å²) < 4.78 is 0. The fourth-order valence-corrected chi connectivity index (χ4v) is 4.38. The summed E-state index contributed by atoms with van der Waals surface area (Å²) in [6, 6.07) is 8.05. The molecule has 2 aromatic rings. The largest absolute Gasteiger partial charge is 0.351 e. The predicted molar refractivity (Wildman–Crippen MR) is 103 cm³/mol. The second-order valence-corrected chi connectivity index (χ2v) is 8.84. The van der Waals surface area contributed by atoms with Gasteiger partial charge < -0.3 is 10.6 Å². The monoisotopic (exact) mass is 375 g/mol. The predicted octanol–water partition coefficient (Wildman–Crippen LogP) is 3.50. The zero-order valence-electron chi connectivity index (χ0n) is 14.3. The van der Waals surface area contributed by atoms with Crippen LogP contribution in [-0.4, -0.2) is 28.6 Å². The lowest BCUT2D eigenvalue weighted by molar-refractivity contribution is -0.115. The second-order valence-electron chi connectivity index (χ2n) is 6.19. The minimum atomic E-state index is -0.117. The van der Waals surface area contributed by atoms with E-state index in [1.807, 2.05) is 24.3 Å². The lowest BCUT2D eigenvalue weighted by atomic mass is 10.1. The van der Waals surface area contributed by atoms with E-state index in [-0.39, 0.29) is 11.8 Å². The van der Waals surface area contributed by atoms with Gasteiger partial charge in [0.15, 0.2) is 5.13 Å². The van der Waals surface area contributed by atoms with E-state index in [9.17, 15) is 9.59 Å². The number of benzene rings is 1. The number of hydrogen-bond acceptors (Lipinski definition) is 5. The van der Waals surface area contributed by atoms with E-state index >= 15 is 0 Å². The Morgan fingerprint density at radius 3 is 2.84 bits per heavy atom. The number of nitrogens with one attached hydrogen (secondary N) is 2. The molecule has 0 saturated carbocycles. The number of thioether (sulfide) groups is 1. The van der Waals surface area contributed by atoms with Gasteiger partial charge in [0.2, 0.25) is 5.91 Å². The lowest BCUT2D eigenvalue weighted by Crippen LogP contribution is -2.21. The Hall–Kier alpha value is -1.86. The van der Waals surface area contributed by atoms with Crippen LogP contribution in [0.2, 0.25) is 0 Å². The van der Waals surface area contributed by atoms with Crippen molar-refractivity contribution in [3.63, 3.8) is 0 Å². The molecule has 7 heteroatoms. The van der Waals surface area contributed by atoms with Crippen molar-refractivity contribution in [1.82, 2.24) is 10.3 Å². The summed E-state index contributed by atoms with van der Waals surface area (Å²) in [6.45, 7) is 4.98. The highest BCUT2D eigenvalue weighted by molar-refractivity contribution is 7.99. The molecule has 0 spiro atoms. The van der Waals surface area contributed by atoms with Gasteiger partial charge in [-0.25, -0.2) is 4.98 Å². The molecule has 1 aliphatic heterocycles. The maximum absolute atomic E-state index is 12.3. The average molecular weight is 376 g/mol. The molecule has 132 valence electrons. The van der Waals surface area contributed by atoms with Gasteiger partial charge in [0.25, 0.3) is 5.91 Å². The van der Waals surface area contributed by atoms with Crippen molar-refractivity contribution in [3.05, 3.63) is 40.4 Å². The van der Waals surface area contributed by atoms with Gasteiger partial charge in [-0.15, -0.1) is 11.8 Å². The van der Waals surface area contributed by atoms with E-state index in [0.717, 1.165) is 24.1 Å².